The molecule has 0 amide bonds. The van der Waals surface area contributed by atoms with Crippen molar-refractivity contribution in [2.24, 2.45) is 0 Å². The van der Waals surface area contributed by atoms with Crippen molar-refractivity contribution in [2.75, 3.05) is 0 Å². The number of fused-ring (bicyclic) bond motifs is 1. The van der Waals surface area contributed by atoms with Gasteiger partial charge in [0.15, 0.2) is 11.0 Å². The monoisotopic (exact) mass is 327 g/mol. The van der Waals surface area contributed by atoms with Crippen LogP contribution in [-0.4, -0.2) is 0 Å². The molecule has 15 heavy (non-hydrogen) atoms. The third kappa shape index (κ3) is 1.83. The molecule has 0 bridgehead atoms. The minimum atomic E-state index is -0.227. The van der Waals surface area contributed by atoms with E-state index in [2.05, 4.69) is 31.9 Å². The Hall–Kier alpha value is -1.12. The quantitative estimate of drug-likeness (QED) is 0.746. The SMILES string of the molecule is N#Cc1cc(=O)c2cc(Br)cc(Br)c2o1. The molecule has 1 aromatic heterocycles. The van der Waals surface area contributed by atoms with Gasteiger partial charge in [0.1, 0.15) is 6.07 Å². The summed E-state index contributed by atoms with van der Waals surface area (Å²) in [6.07, 6.45) is 0. The molecule has 0 aliphatic heterocycles. The van der Waals surface area contributed by atoms with Crippen LogP contribution in [0.3, 0.4) is 0 Å². The first-order chi connectivity index (χ1) is 7.11. The molecule has 0 saturated heterocycles. The van der Waals surface area contributed by atoms with Crippen molar-refractivity contribution < 1.29 is 4.42 Å². The summed E-state index contributed by atoms with van der Waals surface area (Å²) in [6.45, 7) is 0. The molecular weight excluding hydrogens is 326 g/mol. The van der Waals surface area contributed by atoms with Crippen LogP contribution >= 0.6 is 31.9 Å². The Labute approximate surface area is 102 Å². The average Bonchev–Trinajstić information content (AvgIpc) is 2.19. The van der Waals surface area contributed by atoms with Crippen LogP contribution in [0.1, 0.15) is 5.76 Å². The van der Waals surface area contributed by atoms with Crippen LogP contribution < -0.4 is 5.43 Å². The topological polar surface area (TPSA) is 54.0 Å². The third-order valence-electron chi connectivity index (χ3n) is 1.86. The normalized spacial score (nSPS) is 10.2. The number of nitriles is 1. The average molecular weight is 329 g/mol. The number of hydrogen-bond donors (Lipinski definition) is 0. The molecule has 0 unspecified atom stereocenters. The van der Waals surface area contributed by atoms with Crippen LogP contribution in [0, 0.1) is 11.3 Å². The van der Waals surface area contributed by atoms with E-state index in [4.69, 9.17) is 9.68 Å². The van der Waals surface area contributed by atoms with E-state index in [0.717, 1.165) is 4.47 Å². The van der Waals surface area contributed by atoms with Gasteiger partial charge in [0.05, 0.1) is 9.86 Å². The summed E-state index contributed by atoms with van der Waals surface area (Å²) in [4.78, 5) is 11.6. The molecule has 0 atom stereocenters. The van der Waals surface area contributed by atoms with Crippen molar-refractivity contribution in [1.29, 1.82) is 5.26 Å². The molecule has 0 aliphatic carbocycles. The summed E-state index contributed by atoms with van der Waals surface area (Å²) in [5, 5.41) is 9.10. The molecule has 0 spiro atoms. The van der Waals surface area contributed by atoms with E-state index in [9.17, 15) is 4.79 Å². The van der Waals surface area contributed by atoms with Crippen LogP contribution in [-0.2, 0) is 0 Å². The van der Waals surface area contributed by atoms with Crippen molar-refractivity contribution in [2.45, 2.75) is 0 Å². The van der Waals surface area contributed by atoms with Gasteiger partial charge in [-0.15, -0.1) is 0 Å². The molecule has 3 nitrogen and oxygen atoms in total. The fraction of sp³-hybridized carbons (Fsp3) is 0. The Morgan fingerprint density at radius 3 is 2.67 bits per heavy atom. The zero-order valence-electron chi connectivity index (χ0n) is 7.25. The van der Waals surface area contributed by atoms with Crippen LogP contribution in [0.15, 0.2) is 36.4 Å². The lowest BCUT2D eigenvalue weighted by Gasteiger charge is -2.00. The summed E-state index contributed by atoms with van der Waals surface area (Å²) in [5.41, 5.74) is 0.164. The van der Waals surface area contributed by atoms with E-state index < -0.39 is 0 Å². The predicted octanol–water partition coefficient (Wildman–Crippen LogP) is 3.19. The van der Waals surface area contributed by atoms with Gasteiger partial charge in [-0.3, -0.25) is 4.79 Å². The highest BCUT2D eigenvalue weighted by molar-refractivity contribution is 9.11. The van der Waals surface area contributed by atoms with Gasteiger partial charge in [-0.05, 0) is 28.1 Å². The highest BCUT2D eigenvalue weighted by atomic mass is 79.9. The van der Waals surface area contributed by atoms with E-state index in [-0.39, 0.29) is 11.2 Å². The fourth-order valence-corrected chi connectivity index (χ4v) is 2.54. The maximum atomic E-state index is 11.6. The minimum absolute atomic E-state index is 0.00974. The summed E-state index contributed by atoms with van der Waals surface area (Å²) in [5.74, 6) is 0.00974. The lowest BCUT2D eigenvalue weighted by molar-refractivity contribution is 0.584. The van der Waals surface area contributed by atoms with Gasteiger partial charge in [0, 0.05) is 10.5 Å². The Kier molecular flexibility index (Phi) is 2.63. The Balaban J connectivity index is 3.00. The number of hydrogen-bond acceptors (Lipinski definition) is 3. The lowest BCUT2D eigenvalue weighted by Crippen LogP contribution is -2.00. The summed E-state index contributed by atoms with van der Waals surface area (Å²) >= 11 is 6.55. The lowest BCUT2D eigenvalue weighted by atomic mass is 10.2. The zero-order chi connectivity index (χ0) is 11.0. The van der Waals surface area contributed by atoms with E-state index >= 15 is 0 Å². The molecule has 74 valence electrons. The van der Waals surface area contributed by atoms with Crippen molar-refractivity contribution in [3.63, 3.8) is 0 Å². The van der Waals surface area contributed by atoms with Gasteiger partial charge in [-0.1, -0.05) is 15.9 Å². The van der Waals surface area contributed by atoms with Crippen LogP contribution in [0.25, 0.3) is 11.0 Å². The molecule has 1 aromatic carbocycles. The first kappa shape index (κ1) is 10.4. The van der Waals surface area contributed by atoms with Gasteiger partial charge in [0.25, 0.3) is 0 Å². The van der Waals surface area contributed by atoms with E-state index in [1.54, 1.807) is 18.2 Å². The summed E-state index contributed by atoms with van der Waals surface area (Å²) < 4.78 is 6.67. The first-order valence-corrected chi connectivity index (χ1v) is 5.53. The fourth-order valence-electron chi connectivity index (χ4n) is 1.24. The second kappa shape index (κ2) is 3.80. The van der Waals surface area contributed by atoms with Crippen LogP contribution in [0.5, 0.6) is 0 Å². The van der Waals surface area contributed by atoms with Crippen molar-refractivity contribution >= 4 is 42.8 Å². The molecule has 1 heterocycles. The number of nitrogens with zero attached hydrogens (tertiary/aromatic N) is 1. The smallest absolute Gasteiger partial charge is 0.208 e. The van der Waals surface area contributed by atoms with E-state index in [1.165, 1.54) is 6.07 Å². The molecule has 0 N–H and O–H groups in total. The maximum Gasteiger partial charge on any atom is 0.208 e. The highest BCUT2D eigenvalue weighted by Gasteiger charge is 2.08. The van der Waals surface area contributed by atoms with Gasteiger partial charge in [0.2, 0.25) is 5.76 Å². The second-order valence-corrected chi connectivity index (χ2v) is 4.62. The molecular formula is C10H3Br2NO2. The highest BCUT2D eigenvalue weighted by Crippen LogP contribution is 2.27. The molecule has 0 aliphatic rings. The Bertz CT molecular complexity index is 640. The Morgan fingerprint density at radius 1 is 1.27 bits per heavy atom. The third-order valence-corrected chi connectivity index (χ3v) is 2.91. The molecule has 2 aromatic rings. The van der Waals surface area contributed by atoms with Crippen LogP contribution in [0.2, 0.25) is 0 Å². The van der Waals surface area contributed by atoms with Crippen LogP contribution in [0.4, 0.5) is 0 Å². The molecule has 5 heteroatoms. The van der Waals surface area contributed by atoms with Gasteiger partial charge in [-0.2, -0.15) is 5.26 Å². The predicted molar refractivity (Wildman–Crippen MR) is 62.6 cm³/mol. The molecule has 0 saturated carbocycles. The van der Waals surface area contributed by atoms with Crippen molar-refractivity contribution in [3.05, 3.63) is 43.1 Å². The van der Waals surface area contributed by atoms with Gasteiger partial charge < -0.3 is 4.42 Å². The molecule has 0 fully saturated rings. The molecule has 0 radical (unpaired) electrons. The van der Waals surface area contributed by atoms with Gasteiger partial charge in [-0.25, -0.2) is 0 Å². The number of benzene rings is 1. The maximum absolute atomic E-state index is 11.6. The van der Waals surface area contributed by atoms with E-state index in [1.807, 2.05) is 0 Å². The summed E-state index contributed by atoms with van der Waals surface area (Å²) in [7, 11) is 0. The van der Waals surface area contributed by atoms with Crippen molar-refractivity contribution in [3.8, 4) is 6.07 Å². The second-order valence-electron chi connectivity index (χ2n) is 2.85. The minimum Gasteiger partial charge on any atom is -0.444 e. The number of halogens is 2. The first-order valence-electron chi connectivity index (χ1n) is 3.95. The van der Waals surface area contributed by atoms with Gasteiger partial charge >= 0.3 is 0 Å². The molecule has 2 rings (SSSR count). The zero-order valence-corrected chi connectivity index (χ0v) is 10.4. The van der Waals surface area contributed by atoms with E-state index in [0.29, 0.717) is 15.4 Å². The summed E-state index contributed by atoms with van der Waals surface area (Å²) in [6, 6.07) is 6.40. The standard InChI is InChI=1S/C10H3Br2NO2/c11-5-1-7-9(14)3-6(4-13)15-10(7)8(12)2-5/h1-3H. The number of rotatable bonds is 0. The largest absolute Gasteiger partial charge is 0.444 e. The van der Waals surface area contributed by atoms with Crippen molar-refractivity contribution in [1.82, 2.24) is 0 Å². The Morgan fingerprint density at radius 2 is 2.00 bits per heavy atom.